The lowest BCUT2D eigenvalue weighted by Gasteiger charge is -2.33. The summed E-state index contributed by atoms with van der Waals surface area (Å²) in [4.78, 5) is 25.2. The maximum absolute atomic E-state index is 12.2. The maximum atomic E-state index is 12.2. The van der Waals surface area contributed by atoms with Gasteiger partial charge in [-0.05, 0) is 55.1 Å². The monoisotopic (exact) mass is 411 g/mol. The molecule has 1 fully saturated rings. The van der Waals surface area contributed by atoms with Crippen LogP contribution in [0.4, 0.5) is 5.69 Å². The van der Waals surface area contributed by atoms with Gasteiger partial charge in [0, 0.05) is 25.3 Å². The number of halogens is 1. The number of hydrogen-bond donors (Lipinski definition) is 3. The van der Waals surface area contributed by atoms with E-state index in [0.29, 0.717) is 19.0 Å². The Balaban J connectivity index is 0.00000280. The van der Waals surface area contributed by atoms with Crippen LogP contribution in [0.3, 0.4) is 0 Å². The van der Waals surface area contributed by atoms with Crippen LogP contribution >= 0.6 is 12.4 Å². The molecule has 1 atom stereocenters. The molecular formula is C20H30ClN3O4. The van der Waals surface area contributed by atoms with E-state index >= 15 is 0 Å². The van der Waals surface area contributed by atoms with Crippen LogP contribution in [0.25, 0.3) is 0 Å². The Morgan fingerprint density at radius 2 is 2.07 bits per heavy atom. The first-order valence-electron chi connectivity index (χ1n) is 9.70. The summed E-state index contributed by atoms with van der Waals surface area (Å²) >= 11 is 0. The van der Waals surface area contributed by atoms with E-state index in [1.807, 2.05) is 12.1 Å². The third kappa shape index (κ3) is 6.44. The average Bonchev–Trinajstić information content (AvgIpc) is 2.65. The molecule has 3 rings (SSSR count). The van der Waals surface area contributed by atoms with Crippen LogP contribution in [0.5, 0.6) is 0 Å². The first-order valence-corrected chi connectivity index (χ1v) is 9.70. The quantitative estimate of drug-likeness (QED) is 0.637. The lowest BCUT2D eigenvalue weighted by Crippen LogP contribution is -2.34. The van der Waals surface area contributed by atoms with Crippen LogP contribution in [0.2, 0.25) is 0 Å². The Hall–Kier alpha value is -1.67. The van der Waals surface area contributed by atoms with Crippen molar-refractivity contribution in [1.82, 2.24) is 10.2 Å². The molecule has 0 saturated carbocycles. The summed E-state index contributed by atoms with van der Waals surface area (Å²) in [5.41, 5.74) is 3.18. The van der Waals surface area contributed by atoms with Gasteiger partial charge in [0.25, 0.3) is 0 Å². The number of carbonyl (C=O) groups excluding carboxylic acids is 1. The Bertz CT molecular complexity index is 679. The van der Waals surface area contributed by atoms with Crippen LogP contribution < -0.4 is 10.6 Å². The zero-order valence-electron chi connectivity index (χ0n) is 16.3. The number of rotatable bonds is 7. The number of anilines is 1. The van der Waals surface area contributed by atoms with Crippen molar-refractivity contribution in [3.63, 3.8) is 0 Å². The number of aliphatic carboxylic acids is 1. The molecule has 28 heavy (non-hydrogen) atoms. The van der Waals surface area contributed by atoms with Crippen LogP contribution in [-0.4, -0.2) is 60.8 Å². The van der Waals surface area contributed by atoms with Gasteiger partial charge in [-0.2, -0.15) is 0 Å². The number of benzene rings is 1. The largest absolute Gasteiger partial charge is 0.481 e. The molecule has 2 aliphatic rings. The molecule has 1 amide bonds. The second-order valence-electron chi connectivity index (χ2n) is 7.50. The smallest absolute Gasteiger partial charge is 0.304 e. The van der Waals surface area contributed by atoms with Crippen molar-refractivity contribution in [2.75, 3.05) is 38.1 Å². The molecule has 8 heteroatoms. The summed E-state index contributed by atoms with van der Waals surface area (Å²) in [6, 6.07) is 6.00. The normalized spacial score (nSPS) is 20.1. The van der Waals surface area contributed by atoms with Crippen molar-refractivity contribution in [2.45, 2.75) is 44.8 Å². The molecule has 1 aromatic carbocycles. The summed E-state index contributed by atoms with van der Waals surface area (Å²) in [5.74, 6) is -0.571. The number of carbonyl (C=O) groups is 2. The molecule has 1 unspecified atom stereocenters. The van der Waals surface area contributed by atoms with Gasteiger partial charge in [-0.1, -0.05) is 13.0 Å². The molecule has 7 nitrogen and oxygen atoms in total. The zero-order valence-corrected chi connectivity index (χ0v) is 17.1. The lowest BCUT2D eigenvalue weighted by molar-refractivity contribution is -0.137. The minimum Gasteiger partial charge on any atom is -0.481 e. The van der Waals surface area contributed by atoms with Gasteiger partial charge in [0.15, 0.2) is 0 Å². The second-order valence-corrected chi connectivity index (χ2v) is 7.50. The Labute approximate surface area is 172 Å². The molecule has 3 N–H and O–H groups in total. The molecule has 2 aliphatic heterocycles. The van der Waals surface area contributed by atoms with Gasteiger partial charge in [-0.15, -0.1) is 12.4 Å². The number of fused-ring (bicyclic) bond motifs is 1. The summed E-state index contributed by atoms with van der Waals surface area (Å²) in [6.07, 6.45) is 2.18. The number of ether oxygens (including phenoxy) is 1. The van der Waals surface area contributed by atoms with E-state index in [1.54, 1.807) is 0 Å². The minimum atomic E-state index is -0.775. The van der Waals surface area contributed by atoms with Gasteiger partial charge in [0.2, 0.25) is 5.91 Å². The zero-order chi connectivity index (χ0) is 19.2. The number of piperidine rings is 1. The number of carboxylic acids is 1. The highest BCUT2D eigenvalue weighted by Gasteiger charge is 2.23. The predicted molar refractivity (Wildman–Crippen MR) is 110 cm³/mol. The third-order valence-electron chi connectivity index (χ3n) is 5.26. The number of carboxylic acid groups (broad SMARTS) is 1. The topological polar surface area (TPSA) is 90.9 Å². The number of nitrogens with zero attached hydrogens (tertiary/aromatic N) is 1. The molecular weight excluding hydrogens is 382 g/mol. The molecule has 0 spiro atoms. The van der Waals surface area contributed by atoms with Gasteiger partial charge in [0.1, 0.15) is 6.61 Å². The molecule has 0 aromatic heterocycles. The third-order valence-corrected chi connectivity index (χ3v) is 5.26. The van der Waals surface area contributed by atoms with Gasteiger partial charge >= 0.3 is 5.97 Å². The Morgan fingerprint density at radius 1 is 1.32 bits per heavy atom. The van der Waals surface area contributed by atoms with Crippen molar-refractivity contribution in [2.24, 2.45) is 0 Å². The molecule has 0 bridgehead atoms. The molecule has 2 heterocycles. The molecule has 0 radical (unpaired) electrons. The summed E-state index contributed by atoms with van der Waals surface area (Å²) in [6.45, 7) is 6.21. The van der Waals surface area contributed by atoms with E-state index < -0.39 is 5.97 Å². The van der Waals surface area contributed by atoms with E-state index in [1.165, 1.54) is 5.56 Å². The number of nitrogens with one attached hydrogen (secondary N) is 2. The van der Waals surface area contributed by atoms with Crippen molar-refractivity contribution < 1.29 is 19.4 Å². The van der Waals surface area contributed by atoms with Crippen LogP contribution in [0.1, 0.15) is 43.2 Å². The Kier molecular flexibility index (Phi) is 8.69. The van der Waals surface area contributed by atoms with E-state index in [-0.39, 0.29) is 37.4 Å². The molecule has 1 saturated heterocycles. The minimum absolute atomic E-state index is 0. The van der Waals surface area contributed by atoms with E-state index in [9.17, 15) is 9.59 Å². The van der Waals surface area contributed by atoms with Crippen molar-refractivity contribution in [3.05, 3.63) is 29.3 Å². The van der Waals surface area contributed by atoms with Crippen LogP contribution in [0.15, 0.2) is 18.2 Å². The standard InChI is InChI=1S/C20H29N3O4.ClH/c1-14-11-23(9-6-20(25)26)12-15-10-16(2-3-18(14)15)22-19(24)13-27-17-4-7-21-8-5-17;/h2-3,10,14,17,21H,4-9,11-13H2,1H3,(H,22,24)(H,25,26);1H. The van der Waals surface area contributed by atoms with E-state index in [4.69, 9.17) is 9.84 Å². The first-order chi connectivity index (χ1) is 13.0. The second kappa shape index (κ2) is 10.8. The Morgan fingerprint density at radius 3 is 2.79 bits per heavy atom. The fourth-order valence-corrected chi connectivity index (χ4v) is 3.87. The van der Waals surface area contributed by atoms with Crippen LogP contribution in [-0.2, 0) is 20.9 Å². The average molecular weight is 412 g/mol. The predicted octanol–water partition coefficient (Wildman–Crippen LogP) is 2.21. The van der Waals surface area contributed by atoms with Crippen molar-refractivity contribution in [3.8, 4) is 0 Å². The summed E-state index contributed by atoms with van der Waals surface area (Å²) in [7, 11) is 0. The summed E-state index contributed by atoms with van der Waals surface area (Å²) in [5, 5.41) is 15.1. The van der Waals surface area contributed by atoms with Crippen molar-refractivity contribution >= 4 is 30.0 Å². The maximum Gasteiger partial charge on any atom is 0.304 e. The van der Waals surface area contributed by atoms with Crippen LogP contribution in [0, 0.1) is 0 Å². The van der Waals surface area contributed by atoms with E-state index in [0.717, 1.165) is 43.7 Å². The highest BCUT2D eigenvalue weighted by atomic mass is 35.5. The van der Waals surface area contributed by atoms with Gasteiger partial charge in [-0.3, -0.25) is 14.5 Å². The summed E-state index contributed by atoms with van der Waals surface area (Å²) < 4.78 is 5.70. The molecule has 1 aromatic rings. The first kappa shape index (κ1) is 22.6. The van der Waals surface area contributed by atoms with E-state index in [2.05, 4.69) is 28.5 Å². The SMILES string of the molecule is CC1CN(CCC(=O)O)Cc2cc(NC(=O)COC3CCNCC3)ccc21.Cl. The number of amides is 1. The van der Waals surface area contributed by atoms with Gasteiger partial charge < -0.3 is 20.5 Å². The van der Waals surface area contributed by atoms with Gasteiger partial charge in [-0.25, -0.2) is 0 Å². The molecule has 0 aliphatic carbocycles. The fourth-order valence-electron chi connectivity index (χ4n) is 3.87. The highest BCUT2D eigenvalue weighted by Crippen LogP contribution is 2.30. The molecule has 156 valence electrons. The highest BCUT2D eigenvalue weighted by molar-refractivity contribution is 5.91. The number of hydrogen-bond acceptors (Lipinski definition) is 5. The fraction of sp³-hybridized carbons (Fsp3) is 0.600. The van der Waals surface area contributed by atoms with Crippen molar-refractivity contribution in [1.29, 1.82) is 0 Å². The lowest BCUT2D eigenvalue weighted by atomic mass is 9.90. The van der Waals surface area contributed by atoms with Gasteiger partial charge in [0.05, 0.1) is 12.5 Å².